The number of benzene rings is 1. The van der Waals surface area contributed by atoms with E-state index >= 15 is 0 Å². The van der Waals surface area contributed by atoms with Crippen LogP contribution in [-0.2, 0) is 11.3 Å². The van der Waals surface area contributed by atoms with Gasteiger partial charge < -0.3 is 15.4 Å². The van der Waals surface area contributed by atoms with Crippen LogP contribution in [0.3, 0.4) is 0 Å². The fraction of sp³-hybridized carbons (Fsp3) is 0.412. The number of anilines is 2. The van der Waals surface area contributed by atoms with Gasteiger partial charge in [0.1, 0.15) is 11.6 Å². The molecule has 1 aromatic carbocycles. The minimum Gasteiger partial charge on any atom is -0.379 e. The Labute approximate surface area is 141 Å². The van der Waals surface area contributed by atoms with Gasteiger partial charge in [-0.15, -0.1) is 0 Å². The molecule has 0 amide bonds. The van der Waals surface area contributed by atoms with Crippen molar-refractivity contribution in [1.82, 2.24) is 14.9 Å². The number of aromatic nitrogens is 2. The van der Waals surface area contributed by atoms with Crippen molar-refractivity contribution in [3.05, 3.63) is 47.9 Å². The van der Waals surface area contributed by atoms with Crippen molar-refractivity contribution in [2.24, 2.45) is 0 Å². The molecular weight excluding hydrogens is 309 g/mol. The van der Waals surface area contributed by atoms with Crippen molar-refractivity contribution in [3.8, 4) is 0 Å². The van der Waals surface area contributed by atoms with Crippen LogP contribution >= 0.6 is 0 Å². The Balaban J connectivity index is 1.45. The molecule has 24 heavy (non-hydrogen) atoms. The summed E-state index contributed by atoms with van der Waals surface area (Å²) in [6, 6.07) is 8.23. The molecule has 1 saturated heterocycles. The van der Waals surface area contributed by atoms with Crippen molar-refractivity contribution in [2.45, 2.75) is 6.54 Å². The number of ether oxygens (including phenoxy) is 1. The van der Waals surface area contributed by atoms with E-state index in [-0.39, 0.29) is 5.82 Å². The predicted octanol–water partition coefficient (Wildman–Crippen LogP) is 1.97. The van der Waals surface area contributed by atoms with Crippen LogP contribution in [-0.4, -0.2) is 54.3 Å². The fourth-order valence-corrected chi connectivity index (χ4v) is 2.49. The first-order valence-electron chi connectivity index (χ1n) is 8.15. The second kappa shape index (κ2) is 8.56. The number of hydrogen-bond donors (Lipinski definition) is 2. The van der Waals surface area contributed by atoms with Crippen molar-refractivity contribution in [2.75, 3.05) is 50.0 Å². The maximum absolute atomic E-state index is 12.9. The van der Waals surface area contributed by atoms with Crippen molar-refractivity contribution in [1.29, 1.82) is 0 Å². The van der Waals surface area contributed by atoms with Gasteiger partial charge in [-0.05, 0) is 23.8 Å². The molecule has 0 radical (unpaired) electrons. The molecular formula is C17H22FN5O. The molecule has 1 fully saturated rings. The van der Waals surface area contributed by atoms with E-state index in [4.69, 9.17) is 4.74 Å². The number of halogens is 1. The molecule has 2 heterocycles. The third kappa shape index (κ3) is 5.14. The number of nitrogens with one attached hydrogen (secondary N) is 2. The number of nitrogens with zero attached hydrogens (tertiary/aromatic N) is 3. The molecule has 2 aromatic rings. The largest absolute Gasteiger partial charge is 0.379 e. The van der Waals surface area contributed by atoms with Gasteiger partial charge in [0.05, 0.1) is 13.2 Å². The first-order chi connectivity index (χ1) is 11.8. The molecule has 0 spiro atoms. The smallest absolute Gasteiger partial charge is 0.224 e. The molecule has 1 aliphatic heterocycles. The Bertz CT molecular complexity index is 631. The lowest BCUT2D eigenvalue weighted by atomic mass is 10.2. The van der Waals surface area contributed by atoms with Crippen molar-refractivity contribution in [3.63, 3.8) is 0 Å². The predicted molar refractivity (Wildman–Crippen MR) is 91.5 cm³/mol. The molecule has 7 heteroatoms. The van der Waals surface area contributed by atoms with Crippen LogP contribution in [0, 0.1) is 5.82 Å². The summed E-state index contributed by atoms with van der Waals surface area (Å²) in [6.45, 7) is 5.93. The van der Waals surface area contributed by atoms with Crippen LogP contribution in [0.15, 0.2) is 36.5 Å². The van der Waals surface area contributed by atoms with Gasteiger partial charge >= 0.3 is 0 Å². The average molecular weight is 331 g/mol. The first-order valence-corrected chi connectivity index (χ1v) is 8.15. The molecule has 0 bridgehead atoms. The molecule has 1 aliphatic rings. The standard InChI is InChI=1S/C17H22FN5O/c18-15-3-1-14(2-4-15)13-21-17-20-6-5-16(22-17)19-7-8-23-9-11-24-12-10-23/h1-6H,7-13H2,(H2,19,20,21,22). The van der Waals surface area contributed by atoms with Crippen molar-refractivity contribution < 1.29 is 9.13 Å². The van der Waals surface area contributed by atoms with Gasteiger partial charge in [0.25, 0.3) is 0 Å². The minimum atomic E-state index is -0.235. The molecule has 0 unspecified atom stereocenters. The van der Waals surface area contributed by atoms with E-state index in [9.17, 15) is 4.39 Å². The summed E-state index contributed by atoms with van der Waals surface area (Å²) < 4.78 is 18.2. The van der Waals surface area contributed by atoms with Crippen molar-refractivity contribution >= 4 is 11.8 Å². The monoisotopic (exact) mass is 331 g/mol. The maximum Gasteiger partial charge on any atom is 0.224 e. The lowest BCUT2D eigenvalue weighted by Gasteiger charge is -2.26. The first kappa shape index (κ1) is 16.6. The molecule has 0 atom stereocenters. The average Bonchev–Trinajstić information content (AvgIpc) is 2.63. The summed E-state index contributed by atoms with van der Waals surface area (Å²) in [6.07, 6.45) is 1.72. The highest BCUT2D eigenvalue weighted by Crippen LogP contribution is 2.08. The summed E-state index contributed by atoms with van der Waals surface area (Å²) in [5.41, 5.74) is 0.977. The quantitative estimate of drug-likeness (QED) is 0.809. The van der Waals surface area contributed by atoms with Gasteiger partial charge in [0, 0.05) is 38.9 Å². The van der Waals surface area contributed by atoms with Gasteiger partial charge in [0.15, 0.2) is 0 Å². The van der Waals surface area contributed by atoms with Crippen LogP contribution in [0.4, 0.5) is 16.2 Å². The van der Waals surface area contributed by atoms with E-state index in [1.165, 1.54) is 12.1 Å². The van der Waals surface area contributed by atoms with E-state index in [1.54, 1.807) is 18.3 Å². The van der Waals surface area contributed by atoms with E-state index in [1.807, 2.05) is 6.07 Å². The Morgan fingerprint density at radius 2 is 1.88 bits per heavy atom. The van der Waals surface area contributed by atoms with Crippen LogP contribution < -0.4 is 10.6 Å². The summed E-state index contributed by atoms with van der Waals surface area (Å²) in [5, 5.41) is 6.46. The molecule has 6 nitrogen and oxygen atoms in total. The maximum atomic E-state index is 12.9. The third-order valence-electron chi connectivity index (χ3n) is 3.86. The summed E-state index contributed by atoms with van der Waals surface area (Å²) >= 11 is 0. The molecule has 1 aromatic heterocycles. The number of morpholine rings is 1. The van der Waals surface area contributed by atoms with E-state index in [0.29, 0.717) is 12.5 Å². The number of hydrogen-bond acceptors (Lipinski definition) is 6. The highest BCUT2D eigenvalue weighted by Gasteiger charge is 2.09. The highest BCUT2D eigenvalue weighted by atomic mass is 19.1. The second-order valence-corrected chi connectivity index (χ2v) is 5.63. The minimum absolute atomic E-state index is 0.235. The lowest BCUT2D eigenvalue weighted by molar-refractivity contribution is 0.0398. The Morgan fingerprint density at radius 3 is 2.67 bits per heavy atom. The normalized spacial score (nSPS) is 15.2. The molecule has 3 rings (SSSR count). The summed E-state index contributed by atoms with van der Waals surface area (Å²) in [5.74, 6) is 1.11. The van der Waals surface area contributed by atoms with Gasteiger partial charge in [-0.1, -0.05) is 12.1 Å². The summed E-state index contributed by atoms with van der Waals surface area (Å²) in [4.78, 5) is 11.0. The van der Waals surface area contributed by atoms with Crippen LogP contribution in [0.2, 0.25) is 0 Å². The highest BCUT2D eigenvalue weighted by molar-refractivity contribution is 5.39. The lowest BCUT2D eigenvalue weighted by Crippen LogP contribution is -2.39. The van der Waals surface area contributed by atoms with E-state index < -0.39 is 0 Å². The summed E-state index contributed by atoms with van der Waals surface area (Å²) in [7, 11) is 0. The van der Waals surface area contributed by atoms with Gasteiger partial charge in [-0.2, -0.15) is 4.98 Å². The zero-order chi connectivity index (χ0) is 16.6. The second-order valence-electron chi connectivity index (χ2n) is 5.63. The Hall–Kier alpha value is -2.25. The Morgan fingerprint density at radius 1 is 1.08 bits per heavy atom. The zero-order valence-electron chi connectivity index (χ0n) is 13.5. The fourth-order valence-electron chi connectivity index (χ4n) is 2.49. The van der Waals surface area contributed by atoms with Crippen LogP contribution in [0.1, 0.15) is 5.56 Å². The topological polar surface area (TPSA) is 62.3 Å². The third-order valence-corrected chi connectivity index (χ3v) is 3.86. The van der Waals surface area contributed by atoms with E-state index in [0.717, 1.165) is 50.8 Å². The van der Waals surface area contributed by atoms with Gasteiger partial charge in [-0.25, -0.2) is 9.37 Å². The molecule has 0 aliphatic carbocycles. The van der Waals surface area contributed by atoms with Crippen LogP contribution in [0.25, 0.3) is 0 Å². The van der Waals surface area contributed by atoms with E-state index in [2.05, 4.69) is 25.5 Å². The number of rotatable bonds is 7. The molecule has 2 N–H and O–H groups in total. The zero-order valence-corrected chi connectivity index (χ0v) is 13.5. The molecule has 128 valence electrons. The van der Waals surface area contributed by atoms with Gasteiger partial charge in [0.2, 0.25) is 5.95 Å². The van der Waals surface area contributed by atoms with Gasteiger partial charge in [-0.3, -0.25) is 4.90 Å². The van der Waals surface area contributed by atoms with Crippen LogP contribution in [0.5, 0.6) is 0 Å². The SMILES string of the molecule is Fc1ccc(CNc2nccc(NCCN3CCOCC3)n2)cc1. The Kier molecular flexibility index (Phi) is 5.92. The molecule has 0 saturated carbocycles.